The first kappa shape index (κ1) is 17.8. The van der Waals surface area contributed by atoms with Gasteiger partial charge >= 0.3 is 0 Å². The van der Waals surface area contributed by atoms with E-state index < -0.39 is 0 Å². The highest BCUT2D eigenvalue weighted by molar-refractivity contribution is 5.93. The molecular weight excluding hydrogens is 328 g/mol. The summed E-state index contributed by atoms with van der Waals surface area (Å²) in [5.41, 5.74) is 3.42. The molecule has 6 heteroatoms. The summed E-state index contributed by atoms with van der Waals surface area (Å²) in [6, 6.07) is 13.8. The Morgan fingerprint density at radius 3 is 2.73 bits per heavy atom. The Hall–Kier alpha value is -3.02. The number of aromatic nitrogens is 3. The van der Waals surface area contributed by atoms with Crippen molar-refractivity contribution in [2.24, 2.45) is 7.05 Å². The lowest BCUT2D eigenvalue weighted by atomic mass is 10.1. The number of aryl methyl sites for hydroxylation is 2. The number of methoxy groups -OCH3 is 1. The van der Waals surface area contributed by atoms with E-state index in [1.807, 2.05) is 49.0 Å². The maximum absolute atomic E-state index is 12.4. The molecule has 0 radical (unpaired) electrons. The van der Waals surface area contributed by atoms with Crippen molar-refractivity contribution in [1.29, 1.82) is 0 Å². The lowest BCUT2D eigenvalue weighted by Gasteiger charge is -2.13. The fourth-order valence-corrected chi connectivity index (χ4v) is 2.85. The molecule has 3 rings (SSSR count). The highest BCUT2D eigenvalue weighted by Crippen LogP contribution is 2.17. The summed E-state index contributed by atoms with van der Waals surface area (Å²) < 4.78 is 7.13. The van der Waals surface area contributed by atoms with Crippen molar-refractivity contribution in [1.82, 2.24) is 20.1 Å². The van der Waals surface area contributed by atoms with Crippen LogP contribution in [-0.2, 0) is 13.5 Å². The summed E-state index contributed by atoms with van der Waals surface area (Å²) in [5, 5.41) is 10.1. The van der Waals surface area contributed by atoms with Gasteiger partial charge in [-0.25, -0.2) is 0 Å². The van der Waals surface area contributed by atoms with Crippen LogP contribution >= 0.6 is 0 Å². The quantitative estimate of drug-likeness (QED) is 0.686. The molecule has 0 unspecified atom stereocenters. The fraction of sp³-hybridized carbons (Fsp3) is 0.300. The minimum absolute atomic E-state index is 0.0615. The third-order valence-electron chi connectivity index (χ3n) is 4.43. The van der Waals surface area contributed by atoms with Gasteiger partial charge in [0.1, 0.15) is 17.1 Å². The van der Waals surface area contributed by atoms with Crippen LogP contribution in [0.3, 0.4) is 0 Å². The number of aromatic amines is 1. The predicted molar refractivity (Wildman–Crippen MR) is 101 cm³/mol. The van der Waals surface area contributed by atoms with Crippen LogP contribution in [0.5, 0.6) is 5.75 Å². The molecule has 0 saturated carbocycles. The van der Waals surface area contributed by atoms with Crippen molar-refractivity contribution < 1.29 is 9.53 Å². The number of carbonyl (C=O) groups is 1. The average Bonchev–Trinajstić information content (AvgIpc) is 3.29. The number of amides is 1. The Bertz CT molecular complexity index is 864. The van der Waals surface area contributed by atoms with Gasteiger partial charge in [0.15, 0.2) is 0 Å². The largest absolute Gasteiger partial charge is 0.497 e. The molecule has 2 N–H and O–H groups in total. The number of hydrogen-bond donors (Lipinski definition) is 2. The van der Waals surface area contributed by atoms with Crippen molar-refractivity contribution in [2.75, 3.05) is 7.11 Å². The lowest BCUT2D eigenvalue weighted by Crippen LogP contribution is -2.33. The summed E-state index contributed by atoms with van der Waals surface area (Å²) >= 11 is 0. The Morgan fingerprint density at radius 1 is 1.31 bits per heavy atom. The number of hydrogen-bond acceptors (Lipinski definition) is 3. The van der Waals surface area contributed by atoms with Crippen molar-refractivity contribution >= 4 is 5.91 Å². The standard InChI is InChI=1S/C20H24N4O2/c1-14(6-7-15-8-10-16(26-3)11-9-15)21-20(25)18-13-17(22-23-18)19-5-4-12-24(19)2/h4-5,8-14H,6-7H2,1-3H3,(H,21,25)(H,22,23)/t14-/m1/s1. The highest BCUT2D eigenvalue weighted by Gasteiger charge is 2.14. The molecule has 0 fully saturated rings. The maximum Gasteiger partial charge on any atom is 0.269 e. The smallest absolute Gasteiger partial charge is 0.269 e. The molecule has 1 amide bonds. The SMILES string of the molecule is COc1ccc(CC[C@@H](C)NC(=O)c2cc(-c3cccn3C)n[nH]2)cc1. The van der Waals surface area contributed by atoms with Gasteiger partial charge in [-0.3, -0.25) is 9.89 Å². The van der Waals surface area contributed by atoms with E-state index in [1.54, 1.807) is 13.2 Å². The molecule has 0 bridgehead atoms. The zero-order valence-electron chi connectivity index (χ0n) is 15.3. The molecule has 0 spiro atoms. The first-order valence-electron chi connectivity index (χ1n) is 8.67. The first-order valence-corrected chi connectivity index (χ1v) is 8.67. The average molecular weight is 352 g/mol. The van der Waals surface area contributed by atoms with Crippen LogP contribution in [0.4, 0.5) is 0 Å². The monoisotopic (exact) mass is 352 g/mol. The number of benzene rings is 1. The second-order valence-corrected chi connectivity index (χ2v) is 6.43. The van der Waals surface area contributed by atoms with Crippen LogP contribution < -0.4 is 10.1 Å². The predicted octanol–water partition coefficient (Wildman–Crippen LogP) is 3.17. The van der Waals surface area contributed by atoms with Gasteiger partial charge in [-0.1, -0.05) is 12.1 Å². The lowest BCUT2D eigenvalue weighted by molar-refractivity contribution is 0.0933. The fourth-order valence-electron chi connectivity index (χ4n) is 2.85. The van der Waals surface area contributed by atoms with Gasteiger partial charge in [-0.05, 0) is 55.7 Å². The van der Waals surface area contributed by atoms with E-state index in [-0.39, 0.29) is 11.9 Å². The Labute approximate surface area is 153 Å². The molecule has 1 atom stereocenters. The molecule has 0 aliphatic carbocycles. The van der Waals surface area contributed by atoms with Crippen molar-refractivity contribution in [3.63, 3.8) is 0 Å². The van der Waals surface area contributed by atoms with E-state index in [0.717, 1.165) is 30.0 Å². The van der Waals surface area contributed by atoms with Gasteiger partial charge in [-0.2, -0.15) is 5.10 Å². The molecule has 26 heavy (non-hydrogen) atoms. The molecule has 1 aromatic carbocycles. The number of nitrogens with zero attached hydrogens (tertiary/aromatic N) is 2. The third kappa shape index (κ3) is 4.14. The maximum atomic E-state index is 12.4. The normalized spacial score (nSPS) is 12.0. The summed E-state index contributed by atoms with van der Waals surface area (Å²) in [7, 11) is 3.61. The summed E-state index contributed by atoms with van der Waals surface area (Å²) in [6.45, 7) is 2.01. The molecule has 2 heterocycles. The second kappa shape index (κ2) is 7.91. The number of nitrogens with one attached hydrogen (secondary N) is 2. The molecule has 0 aliphatic heterocycles. The van der Waals surface area contributed by atoms with E-state index in [2.05, 4.69) is 27.6 Å². The van der Waals surface area contributed by atoms with Crippen LogP contribution in [0.1, 0.15) is 29.4 Å². The number of carbonyl (C=O) groups excluding carboxylic acids is 1. The van der Waals surface area contributed by atoms with E-state index in [0.29, 0.717) is 5.69 Å². The number of H-pyrrole nitrogens is 1. The van der Waals surface area contributed by atoms with Gasteiger partial charge in [0.25, 0.3) is 5.91 Å². The Morgan fingerprint density at radius 2 is 2.08 bits per heavy atom. The van der Waals surface area contributed by atoms with Crippen molar-refractivity contribution in [3.05, 3.63) is 59.9 Å². The molecule has 6 nitrogen and oxygen atoms in total. The van der Waals surface area contributed by atoms with E-state index in [1.165, 1.54) is 5.56 Å². The molecule has 3 aromatic rings. The van der Waals surface area contributed by atoms with Crippen LogP contribution in [0, 0.1) is 0 Å². The summed E-state index contributed by atoms with van der Waals surface area (Å²) in [4.78, 5) is 12.4. The Kier molecular flexibility index (Phi) is 5.41. The topological polar surface area (TPSA) is 71.9 Å². The molecular formula is C20H24N4O2. The summed E-state index contributed by atoms with van der Waals surface area (Å²) in [6.07, 6.45) is 3.70. The molecule has 0 aliphatic rings. The van der Waals surface area contributed by atoms with Gasteiger partial charge in [0.2, 0.25) is 0 Å². The van der Waals surface area contributed by atoms with Crippen LogP contribution in [0.25, 0.3) is 11.4 Å². The first-order chi connectivity index (χ1) is 12.6. The van der Waals surface area contributed by atoms with Gasteiger partial charge < -0.3 is 14.6 Å². The third-order valence-corrected chi connectivity index (χ3v) is 4.43. The molecule has 2 aromatic heterocycles. The Balaban J connectivity index is 1.54. The van der Waals surface area contributed by atoms with E-state index >= 15 is 0 Å². The minimum Gasteiger partial charge on any atom is -0.497 e. The number of ether oxygens (including phenoxy) is 1. The highest BCUT2D eigenvalue weighted by atomic mass is 16.5. The zero-order chi connectivity index (χ0) is 18.5. The summed E-state index contributed by atoms with van der Waals surface area (Å²) in [5.74, 6) is 0.712. The van der Waals surface area contributed by atoms with Crippen LogP contribution in [0.2, 0.25) is 0 Å². The molecule has 136 valence electrons. The van der Waals surface area contributed by atoms with Crippen LogP contribution in [0.15, 0.2) is 48.7 Å². The zero-order valence-corrected chi connectivity index (χ0v) is 15.3. The van der Waals surface area contributed by atoms with Crippen molar-refractivity contribution in [3.8, 4) is 17.1 Å². The van der Waals surface area contributed by atoms with Crippen LogP contribution in [-0.4, -0.2) is 33.8 Å². The van der Waals surface area contributed by atoms with Gasteiger partial charge in [-0.15, -0.1) is 0 Å². The van der Waals surface area contributed by atoms with Gasteiger partial charge in [0, 0.05) is 19.3 Å². The van der Waals surface area contributed by atoms with E-state index in [9.17, 15) is 4.79 Å². The second-order valence-electron chi connectivity index (χ2n) is 6.43. The molecule has 0 saturated heterocycles. The van der Waals surface area contributed by atoms with Crippen molar-refractivity contribution in [2.45, 2.75) is 25.8 Å². The van der Waals surface area contributed by atoms with Gasteiger partial charge in [0.05, 0.1) is 12.8 Å². The number of rotatable bonds is 7. The van der Waals surface area contributed by atoms with E-state index in [4.69, 9.17) is 4.74 Å². The minimum atomic E-state index is -0.139.